The molecule has 1 N–H and O–H groups in total. The van der Waals surface area contributed by atoms with Crippen molar-refractivity contribution in [2.24, 2.45) is 0 Å². The molecule has 1 aromatic carbocycles. The van der Waals surface area contributed by atoms with Crippen LogP contribution in [0.5, 0.6) is 5.75 Å². The minimum Gasteiger partial charge on any atom is -0.491 e. The molecule has 0 aromatic heterocycles. The van der Waals surface area contributed by atoms with Crippen molar-refractivity contribution in [1.29, 1.82) is 0 Å². The molecule has 1 atom stereocenters. The van der Waals surface area contributed by atoms with Gasteiger partial charge in [-0.05, 0) is 25.0 Å². The number of benzene rings is 1. The average molecular weight is 208 g/mol. The zero-order valence-electron chi connectivity index (χ0n) is 9.57. The summed E-state index contributed by atoms with van der Waals surface area (Å²) in [5, 5.41) is 9.61. The fourth-order valence-corrected chi connectivity index (χ4v) is 1.43. The summed E-state index contributed by atoms with van der Waals surface area (Å²) in [5.74, 6) is 0.869. The topological polar surface area (TPSA) is 29.5 Å². The van der Waals surface area contributed by atoms with Crippen LogP contribution in [0.3, 0.4) is 0 Å². The molecular weight excluding hydrogens is 188 g/mol. The maximum atomic E-state index is 9.61. The number of para-hydroxylation sites is 1. The van der Waals surface area contributed by atoms with Crippen molar-refractivity contribution in [2.45, 2.75) is 39.2 Å². The molecule has 0 aliphatic heterocycles. The summed E-state index contributed by atoms with van der Waals surface area (Å²) in [6, 6.07) is 7.87. The number of aliphatic hydroxyl groups is 1. The summed E-state index contributed by atoms with van der Waals surface area (Å²) in [6.45, 7) is 4.52. The van der Waals surface area contributed by atoms with Gasteiger partial charge in [-0.3, -0.25) is 0 Å². The third-order valence-electron chi connectivity index (χ3n) is 2.42. The molecule has 0 radical (unpaired) electrons. The van der Waals surface area contributed by atoms with Gasteiger partial charge in [-0.25, -0.2) is 0 Å². The Bertz CT molecular complexity index is 284. The molecule has 0 aliphatic carbocycles. The summed E-state index contributed by atoms with van der Waals surface area (Å²) in [5.41, 5.74) is 1.11. The van der Waals surface area contributed by atoms with E-state index in [1.807, 2.05) is 31.2 Å². The van der Waals surface area contributed by atoms with E-state index in [1.54, 1.807) is 0 Å². The first kappa shape index (κ1) is 12.1. The Morgan fingerprint density at radius 2 is 2.07 bits per heavy atom. The molecule has 1 rings (SSSR count). The van der Waals surface area contributed by atoms with Crippen molar-refractivity contribution < 1.29 is 9.84 Å². The number of aryl methyl sites for hydroxylation is 1. The van der Waals surface area contributed by atoms with Gasteiger partial charge in [0.15, 0.2) is 0 Å². The third kappa shape index (κ3) is 4.34. The number of ether oxygens (including phenoxy) is 1. The van der Waals surface area contributed by atoms with E-state index in [-0.39, 0.29) is 6.10 Å². The molecule has 0 spiro atoms. The van der Waals surface area contributed by atoms with Crippen molar-refractivity contribution in [1.82, 2.24) is 0 Å². The minimum atomic E-state index is -0.343. The van der Waals surface area contributed by atoms with Crippen LogP contribution in [0.25, 0.3) is 0 Å². The molecular formula is C13H20O2. The molecule has 15 heavy (non-hydrogen) atoms. The van der Waals surface area contributed by atoms with Crippen molar-refractivity contribution in [3.63, 3.8) is 0 Å². The fourth-order valence-electron chi connectivity index (χ4n) is 1.43. The predicted molar refractivity (Wildman–Crippen MR) is 62.2 cm³/mol. The Balaban J connectivity index is 2.33. The zero-order chi connectivity index (χ0) is 11.1. The van der Waals surface area contributed by atoms with Gasteiger partial charge in [-0.1, -0.05) is 38.0 Å². The Kier molecular flexibility index (Phi) is 5.19. The molecule has 84 valence electrons. The SMILES string of the molecule is CCCCC(O)COc1ccccc1C. The lowest BCUT2D eigenvalue weighted by Crippen LogP contribution is -2.17. The number of hydrogen-bond acceptors (Lipinski definition) is 2. The second-order valence-electron chi connectivity index (χ2n) is 3.87. The highest BCUT2D eigenvalue weighted by Gasteiger charge is 2.05. The largest absolute Gasteiger partial charge is 0.491 e. The molecule has 0 aliphatic rings. The first-order valence-corrected chi connectivity index (χ1v) is 5.60. The zero-order valence-corrected chi connectivity index (χ0v) is 9.57. The molecule has 0 bridgehead atoms. The Morgan fingerprint density at radius 1 is 1.33 bits per heavy atom. The van der Waals surface area contributed by atoms with Crippen LogP contribution in [-0.2, 0) is 0 Å². The van der Waals surface area contributed by atoms with Gasteiger partial charge in [-0.15, -0.1) is 0 Å². The van der Waals surface area contributed by atoms with Gasteiger partial charge in [0, 0.05) is 0 Å². The number of rotatable bonds is 6. The van der Waals surface area contributed by atoms with E-state index in [2.05, 4.69) is 6.92 Å². The minimum absolute atomic E-state index is 0.343. The van der Waals surface area contributed by atoms with E-state index >= 15 is 0 Å². The molecule has 2 heteroatoms. The van der Waals surface area contributed by atoms with Crippen molar-refractivity contribution in [2.75, 3.05) is 6.61 Å². The van der Waals surface area contributed by atoms with Crippen LogP contribution in [0.1, 0.15) is 31.7 Å². The third-order valence-corrected chi connectivity index (χ3v) is 2.42. The number of unbranched alkanes of at least 4 members (excludes halogenated alkanes) is 1. The summed E-state index contributed by atoms with van der Waals surface area (Å²) in [7, 11) is 0. The summed E-state index contributed by atoms with van der Waals surface area (Å²) >= 11 is 0. The van der Waals surface area contributed by atoms with Gasteiger partial charge in [0.25, 0.3) is 0 Å². The first-order chi connectivity index (χ1) is 7.24. The lowest BCUT2D eigenvalue weighted by atomic mass is 10.2. The lowest BCUT2D eigenvalue weighted by Gasteiger charge is -2.13. The van der Waals surface area contributed by atoms with E-state index in [0.717, 1.165) is 30.6 Å². The van der Waals surface area contributed by atoms with E-state index in [9.17, 15) is 5.11 Å². The van der Waals surface area contributed by atoms with Crippen LogP contribution in [-0.4, -0.2) is 17.8 Å². The van der Waals surface area contributed by atoms with Crippen molar-refractivity contribution in [3.05, 3.63) is 29.8 Å². The lowest BCUT2D eigenvalue weighted by molar-refractivity contribution is 0.0976. The van der Waals surface area contributed by atoms with Gasteiger partial charge in [0.05, 0.1) is 6.10 Å². The second kappa shape index (κ2) is 6.46. The van der Waals surface area contributed by atoms with Gasteiger partial charge in [-0.2, -0.15) is 0 Å². The van der Waals surface area contributed by atoms with Crippen LogP contribution in [0.2, 0.25) is 0 Å². The van der Waals surface area contributed by atoms with Gasteiger partial charge >= 0.3 is 0 Å². The van der Waals surface area contributed by atoms with Crippen molar-refractivity contribution in [3.8, 4) is 5.75 Å². The van der Waals surface area contributed by atoms with Gasteiger partial charge in [0.2, 0.25) is 0 Å². The Morgan fingerprint density at radius 3 is 2.73 bits per heavy atom. The van der Waals surface area contributed by atoms with E-state index in [0.29, 0.717) is 6.61 Å². The molecule has 0 saturated carbocycles. The normalized spacial score (nSPS) is 12.5. The molecule has 0 fully saturated rings. The molecule has 0 heterocycles. The van der Waals surface area contributed by atoms with Crippen LogP contribution in [0.4, 0.5) is 0 Å². The summed E-state index contributed by atoms with van der Waals surface area (Å²) < 4.78 is 5.55. The molecule has 0 saturated heterocycles. The molecule has 1 unspecified atom stereocenters. The smallest absolute Gasteiger partial charge is 0.122 e. The number of hydrogen-bond donors (Lipinski definition) is 1. The van der Waals surface area contributed by atoms with Crippen LogP contribution < -0.4 is 4.74 Å². The predicted octanol–water partition coefficient (Wildman–Crippen LogP) is 2.92. The quantitative estimate of drug-likeness (QED) is 0.779. The highest BCUT2D eigenvalue weighted by atomic mass is 16.5. The maximum Gasteiger partial charge on any atom is 0.122 e. The average Bonchev–Trinajstić information content (AvgIpc) is 2.25. The van der Waals surface area contributed by atoms with Crippen LogP contribution in [0.15, 0.2) is 24.3 Å². The van der Waals surface area contributed by atoms with Crippen LogP contribution >= 0.6 is 0 Å². The molecule has 0 amide bonds. The summed E-state index contributed by atoms with van der Waals surface area (Å²) in [4.78, 5) is 0. The van der Waals surface area contributed by atoms with E-state index in [4.69, 9.17) is 4.74 Å². The monoisotopic (exact) mass is 208 g/mol. The Labute approximate surface area is 91.9 Å². The first-order valence-electron chi connectivity index (χ1n) is 5.60. The highest BCUT2D eigenvalue weighted by molar-refractivity contribution is 5.31. The molecule has 1 aromatic rings. The highest BCUT2D eigenvalue weighted by Crippen LogP contribution is 2.16. The standard InChI is InChI=1S/C13H20O2/c1-3-4-8-12(14)10-15-13-9-6-5-7-11(13)2/h5-7,9,12,14H,3-4,8,10H2,1-2H3. The van der Waals surface area contributed by atoms with E-state index in [1.165, 1.54) is 0 Å². The van der Waals surface area contributed by atoms with Gasteiger partial charge in [0.1, 0.15) is 12.4 Å². The summed E-state index contributed by atoms with van der Waals surface area (Å²) in [6.07, 6.45) is 2.65. The molecule has 2 nitrogen and oxygen atoms in total. The maximum absolute atomic E-state index is 9.61. The number of aliphatic hydroxyl groups excluding tert-OH is 1. The fraction of sp³-hybridized carbons (Fsp3) is 0.538. The van der Waals surface area contributed by atoms with Gasteiger partial charge < -0.3 is 9.84 Å². The van der Waals surface area contributed by atoms with E-state index < -0.39 is 0 Å². The Hall–Kier alpha value is -1.02. The van der Waals surface area contributed by atoms with Crippen LogP contribution in [0, 0.1) is 6.92 Å². The van der Waals surface area contributed by atoms with Crippen molar-refractivity contribution >= 4 is 0 Å². The second-order valence-corrected chi connectivity index (χ2v) is 3.87.